The number of fused-ring (bicyclic) bond motifs is 20. The lowest BCUT2D eigenvalue weighted by Gasteiger charge is -2.09. The van der Waals surface area contributed by atoms with Crippen molar-refractivity contribution in [1.29, 1.82) is 0 Å². The summed E-state index contributed by atoms with van der Waals surface area (Å²) in [7, 11) is 0. The number of aromatic nitrogens is 8. The lowest BCUT2D eigenvalue weighted by molar-refractivity contribution is -0.385. The molecule has 0 unspecified atom stereocenters. The van der Waals surface area contributed by atoms with E-state index in [1.165, 1.54) is 50.7 Å². The van der Waals surface area contributed by atoms with E-state index in [4.69, 9.17) is 29.9 Å². The molecule has 9 rings (SSSR count). The standard InChI is InChI=1S/C60H72N10O4/c1-5-9-13-17-21-25-39-29-30-40(26-22-18-14-10-6-2)50-49(39)57-63-53-45-35-33-43(69(71)72)37-47(45)55(61-53)65-59-51-41(27-23-19-15-11-7-3)31-32-42(28-24-20-16-12-8-4)52(51)60(68-59)66-56-48-38-44(70(73)74)34-36-46(48)54(62-56)64-58(50)67-57/h29-38H,5-28H2,1-4H3,(H2,61,62,63,64,65,66,67,68). The smallest absolute Gasteiger partial charge is 0.270 e. The van der Waals surface area contributed by atoms with Crippen LogP contribution in [0.5, 0.6) is 0 Å². The van der Waals surface area contributed by atoms with Crippen molar-refractivity contribution < 1.29 is 9.85 Å². The van der Waals surface area contributed by atoms with E-state index in [0.29, 0.717) is 68.1 Å². The zero-order valence-corrected chi connectivity index (χ0v) is 44.0. The van der Waals surface area contributed by atoms with Crippen LogP contribution >= 0.6 is 0 Å². The first-order valence-corrected chi connectivity index (χ1v) is 27.9. The molecule has 8 bridgehead atoms. The maximum atomic E-state index is 12.4. The maximum Gasteiger partial charge on any atom is 0.270 e. The van der Waals surface area contributed by atoms with Crippen LogP contribution in [0.25, 0.3) is 89.7 Å². The number of non-ortho nitro benzene ring substituents is 2. The quantitative estimate of drug-likeness (QED) is 0.0299. The number of unbranched alkanes of at least 4 members (excludes halogenated alkanes) is 16. The van der Waals surface area contributed by atoms with Gasteiger partial charge in [0.15, 0.2) is 23.3 Å². The second-order valence-corrected chi connectivity index (χ2v) is 20.5. The van der Waals surface area contributed by atoms with Crippen LogP contribution in [0.1, 0.15) is 178 Å². The van der Waals surface area contributed by atoms with Crippen LogP contribution in [0.15, 0.2) is 60.7 Å². The molecule has 0 aliphatic carbocycles. The number of hydrogen-bond donors (Lipinski definition) is 2. The summed E-state index contributed by atoms with van der Waals surface area (Å²) in [4.78, 5) is 63.4. The molecular weight excluding hydrogens is 925 g/mol. The van der Waals surface area contributed by atoms with Gasteiger partial charge >= 0.3 is 0 Å². The fourth-order valence-corrected chi connectivity index (χ4v) is 11.0. The van der Waals surface area contributed by atoms with Gasteiger partial charge in [-0.2, -0.15) is 0 Å². The van der Waals surface area contributed by atoms with E-state index >= 15 is 0 Å². The Labute approximate surface area is 434 Å². The van der Waals surface area contributed by atoms with Crippen LogP contribution in [-0.2, 0) is 25.7 Å². The first-order chi connectivity index (χ1) is 36.2. The van der Waals surface area contributed by atoms with Crippen LogP contribution in [0.2, 0.25) is 0 Å². The number of nitro groups is 2. The highest BCUT2D eigenvalue weighted by Gasteiger charge is 2.27. The van der Waals surface area contributed by atoms with Gasteiger partial charge in [-0.1, -0.05) is 155 Å². The van der Waals surface area contributed by atoms with E-state index in [-0.39, 0.29) is 21.2 Å². The van der Waals surface area contributed by atoms with Gasteiger partial charge in [0.05, 0.1) is 9.85 Å². The average molecular weight is 997 g/mol. The number of nitrogens with one attached hydrogen (secondary N) is 2. The van der Waals surface area contributed by atoms with Crippen LogP contribution < -0.4 is 0 Å². The fourth-order valence-electron chi connectivity index (χ4n) is 11.0. The third kappa shape index (κ3) is 11.4. The minimum absolute atomic E-state index is 0.0666. The molecule has 0 amide bonds. The van der Waals surface area contributed by atoms with E-state index in [1.54, 1.807) is 24.3 Å². The van der Waals surface area contributed by atoms with Crippen molar-refractivity contribution in [3.63, 3.8) is 0 Å². The largest absolute Gasteiger partial charge is 0.324 e. The number of aromatic amines is 2. The zero-order valence-electron chi connectivity index (χ0n) is 44.0. The van der Waals surface area contributed by atoms with Crippen LogP contribution in [0.3, 0.4) is 0 Å². The molecule has 2 N–H and O–H groups in total. The van der Waals surface area contributed by atoms with Gasteiger partial charge in [-0.3, -0.25) is 20.2 Å². The third-order valence-electron chi connectivity index (χ3n) is 15.1. The molecule has 0 saturated heterocycles. The topological polar surface area (TPSA) is 195 Å². The van der Waals surface area contributed by atoms with E-state index in [9.17, 15) is 20.2 Å². The third-order valence-corrected chi connectivity index (χ3v) is 15.1. The highest BCUT2D eigenvalue weighted by atomic mass is 16.6. The summed E-state index contributed by atoms with van der Waals surface area (Å²) < 4.78 is 0. The van der Waals surface area contributed by atoms with Crippen LogP contribution in [-0.4, -0.2) is 49.7 Å². The zero-order chi connectivity index (χ0) is 51.6. The highest BCUT2D eigenvalue weighted by Crippen LogP contribution is 2.41. The molecule has 14 heteroatoms. The van der Waals surface area contributed by atoms with Gasteiger partial charge in [0.1, 0.15) is 22.6 Å². The Bertz CT molecular complexity index is 3130. The number of nitrogens with zero attached hydrogens (tertiary/aromatic N) is 8. The molecule has 3 aromatic heterocycles. The van der Waals surface area contributed by atoms with Gasteiger partial charge < -0.3 is 9.97 Å². The van der Waals surface area contributed by atoms with E-state index in [2.05, 4.69) is 61.9 Å². The van der Waals surface area contributed by atoms with Gasteiger partial charge in [0.2, 0.25) is 0 Å². The van der Waals surface area contributed by atoms with E-state index in [0.717, 1.165) is 159 Å². The molecule has 386 valence electrons. The van der Waals surface area contributed by atoms with Gasteiger partial charge in [-0.25, -0.2) is 29.9 Å². The van der Waals surface area contributed by atoms with Crippen molar-refractivity contribution in [2.75, 3.05) is 0 Å². The minimum atomic E-state index is -0.383. The maximum absolute atomic E-state index is 12.4. The molecule has 0 spiro atoms. The van der Waals surface area contributed by atoms with Crippen molar-refractivity contribution in [3.05, 3.63) is 103 Å². The first-order valence-electron chi connectivity index (χ1n) is 27.9. The summed E-state index contributed by atoms with van der Waals surface area (Å²) in [6, 6.07) is 18.6. The summed E-state index contributed by atoms with van der Waals surface area (Å²) >= 11 is 0. The second kappa shape index (κ2) is 24.4. The number of benzene rings is 4. The van der Waals surface area contributed by atoms with Crippen molar-refractivity contribution >= 4 is 55.5 Å². The molecule has 7 aromatic rings. The molecule has 14 nitrogen and oxygen atoms in total. The summed E-state index contributed by atoms with van der Waals surface area (Å²) in [6.45, 7) is 8.90. The van der Waals surface area contributed by atoms with Crippen molar-refractivity contribution in [1.82, 2.24) is 39.9 Å². The molecule has 5 heterocycles. The van der Waals surface area contributed by atoms with Gasteiger partial charge in [0.25, 0.3) is 11.4 Å². The lowest BCUT2D eigenvalue weighted by atomic mass is 9.95. The van der Waals surface area contributed by atoms with Crippen LogP contribution in [0.4, 0.5) is 11.4 Å². The number of aryl methyl sites for hydroxylation is 4. The first kappa shape index (κ1) is 51.9. The van der Waals surface area contributed by atoms with Crippen LogP contribution in [0, 0.1) is 20.2 Å². The SMILES string of the molecule is CCCCCCCc1ccc(CCCCCCC)c2c3nc4nc(nc5[nH]c(nc6nc(nc([nH]3)c12)-c1ccc([N+](=O)[O-])cc1-6)c1c(CCCCCCC)ccc(CCCCCCC)c51)-c1cc([N+](=O)[O-])ccc1-4. The van der Waals surface area contributed by atoms with Gasteiger partial charge in [-0.15, -0.1) is 0 Å². The fraction of sp³-hybridized carbons (Fsp3) is 0.467. The summed E-state index contributed by atoms with van der Waals surface area (Å²) in [5.74, 6) is 1.40. The van der Waals surface area contributed by atoms with E-state index in [1.807, 2.05) is 0 Å². The Kier molecular flexibility index (Phi) is 17.1. The summed E-state index contributed by atoms with van der Waals surface area (Å²) in [5.41, 5.74) is 8.97. The Morgan fingerprint density at radius 1 is 0.351 bits per heavy atom. The monoisotopic (exact) mass is 997 g/mol. The summed E-state index contributed by atoms with van der Waals surface area (Å²) in [5, 5.41) is 28.7. The number of rotatable bonds is 26. The molecule has 4 aromatic carbocycles. The number of hydrogen-bond acceptors (Lipinski definition) is 10. The Hall–Kier alpha value is -6.96. The predicted molar refractivity (Wildman–Crippen MR) is 299 cm³/mol. The molecule has 0 saturated carbocycles. The van der Waals surface area contributed by atoms with Crippen molar-refractivity contribution in [2.45, 2.75) is 182 Å². The molecule has 0 atom stereocenters. The molecule has 2 aliphatic rings. The van der Waals surface area contributed by atoms with Crippen molar-refractivity contribution in [3.8, 4) is 45.6 Å². The average Bonchev–Trinajstić information content (AvgIpc) is 4.15. The highest BCUT2D eigenvalue weighted by molar-refractivity contribution is 6.10. The van der Waals surface area contributed by atoms with Crippen molar-refractivity contribution in [2.24, 2.45) is 0 Å². The molecule has 0 radical (unpaired) electrons. The molecule has 0 fully saturated rings. The molecular formula is C60H72N10O4. The Morgan fingerprint density at radius 2 is 0.622 bits per heavy atom. The summed E-state index contributed by atoms with van der Waals surface area (Å²) in [6.07, 6.45) is 25.8. The Balaban J connectivity index is 1.39. The van der Waals surface area contributed by atoms with Gasteiger partial charge in [-0.05, 0) is 85.8 Å². The molecule has 74 heavy (non-hydrogen) atoms. The number of nitro benzene ring substituents is 2. The molecule has 2 aliphatic heterocycles. The number of H-pyrrole nitrogens is 2. The second-order valence-electron chi connectivity index (χ2n) is 20.5. The predicted octanol–water partition coefficient (Wildman–Crippen LogP) is 16.7. The minimum Gasteiger partial charge on any atom is -0.324 e. The van der Waals surface area contributed by atoms with Gasteiger partial charge in [0, 0.05) is 68.1 Å². The normalized spacial score (nSPS) is 11.9. The Morgan fingerprint density at radius 3 is 0.892 bits per heavy atom. The van der Waals surface area contributed by atoms with E-state index < -0.39 is 0 Å². The lowest BCUT2D eigenvalue weighted by Crippen LogP contribution is -1.94.